The molecule has 2 heteroatoms. The van der Waals surface area contributed by atoms with Gasteiger partial charge in [-0.25, -0.2) is 0 Å². The Bertz CT molecular complexity index is 29.1. The van der Waals surface area contributed by atoms with E-state index in [0.717, 1.165) is 5.66 Å². The zero-order chi connectivity index (χ0) is 5.15. The van der Waals surface area contributed by atoms with Gasteiger partial charge in [-0.15, -0.1) is 7.92 Å². The lowest BCUT2D eigenvalue weighted by Crippen LogP contribution is -1.86. The van der Waals surface area contributed by atoms with Crippen LogP contribution in [0.2, 0.25) is 0 Å². The van der Waals surface area contributed by atoms with Crippen LogP contribution in [-0.4, -0.2) is 27.4 Å². The molecule has 0 aliphatic carbocycles. The first kappa shape index (κ1) is 10.5. The van der Waals surface area contributed by atoms with Gasteiger partial charge in [0.1, 0.15) is 0 Å². The number of rotatable bonds is 1. The summed E-state index contributed by atoms with van der Waals surface area (Å²) in [5.41, 5.74) is 0.917. The highest BCUT2D eigenvalue weighted by atomic mass is 31.1. The van der Waals surface area contributed by atoms with E-state index in [1.165, 1.54) is 0 Å². The Morgan fingerprint density at radius 3 is 1.29 bits per heavy atom. The van der Waals surface area contributed by atoms with Gasteiger partial charge in [0.15, 0.2) is 0 Å². The van der Waals surface area contributed by atoms with Gasteiger partial charge in [0.25, 0.3) is 0 Å². The fourth-order valence-electron chi connectivity index (χ4n) is 0. The summed E-state index contributed by atoms with van der Waals surface area (Å²) in [6.45, 7) is 9.15. The highest BCUT2D eigenvalue weighted by Gasteiger charge is 1.94. The van der Waals surface area contributed by atoms with Gasteiger partial charge in [-0.05, 0) is 19.0 Å². The molecule has 0 spiro atoms. The Labute approximate surface area is 50.0 Å². The van der Waals surface area contributed by atoms with E-state index in [4.69, 9.17) is 0 Å². The lowest BCUT2D eigenvalue weighted by molar-refractivity contribution is 1.10. The lowest BCUT2D eigenvalue weighted by Gasteiger charge is -2.06. The normalized spacial score (nSPS) is 9.43. The molecule has 0 aromatic heterocycles. The molecular formula is C5H16BP. The summed E-state index contributed by atoms with van der Waals surface area (Å²) in [7, 11) is 0.341. The standard InChI is InChI=1S/C5H13P.BH3/c1-5(2)6(3)4;/h5H,1-4H3;1H3. The van der Waals surface area contributed by atoms with E-state index in [-0.39, 0.29) is 8.41 Å². The van der Waals surface area contributed by atoms with Gasteiger partial charge < -0.3 is 0 Å². The van der Waals surface area contributed by atoms with Crippen LogP contribution in [0.25, 0.3) is 0 Å². The molecular weight excluding hydrogens is 102 g/mol. The number of hydrogen-bond donors (Lipinski definition) is 0. The van der Waals surface area contributed by atoms with Crippen LogP contribution in [-0.2, 0) is 0 Å². The zero-order valence-electron chi connectivity index (χ0n) is 5.02. The fourth-order valence-corrected chi connectivity index (χ4v) is 0. The van der Waals surface area contributed by atoms with Gasteiger partial charge in [0.2, 0.25) is 0 Å². The highest BCUT2D eigenvalue weighted by Crippen LogP contribution is 2.30. The maximum Gasteiger partial charge on any atom is 0.0814 e. The molecule has 0 fully saturated rings. The van der Waals surface area contributed by atoms with Crippen molar-refractivity contribution in [3.63, 3.8) is 0 Å². The Kier molecular flexibility index (Phi) is 6.95. The van der Waals surface area contributed by atoms with Crippen molar-refractivity contribution in [1.29, 1.82) is 0 Å². The molecule has 0 aromatic carbocycles. The summed E-state index contributed by atoms with van der Waals surface area (Å²) in [5.74, 6) is 0. The largest absolute Gasteiger partial charge is 0.110 e. The third-order valence-electron chi connectivity index (χ3n) is 1.03. The van der Waals surface area contributed by atoms with Crippen LogP contribution < -0.4 is 0 Å². The average Bonchev–Trinajstić information content (AvgIpc) is 1.36. The Morgan fingerprint density at radius 2 is 1.29 bits per heavy atom. The summed E-state index contributed by atoms with van der Waals surface area (Å²) in [4.78, 5) is 0. The third-order valence-corrected chi connectivity index (χ3v) is 3.10. The van der Waals surface area contributed by atoms with Gasteiger partial charge in [-0.2, -0.15) is 0 Å². The minimum absolute atomic E-state index is 0. The minimum atomic E-state index is 0. The second kappa shape index (κ2) is 4.65. The first-order chi connectivity index (χ1) is 2.64. The van der Waals surface area contributed by atoms with Crippen LogP contribution in [0, 0.1) is 0 Å². The van der Waals surface area contributed by atoms with E-state index in [1.807, 2.05) is 0 Å². The van der Waals surface area contributed by atoms with Crippen LogP contribution in [0.15, 0.2) is 0 Å². The van der Waals surface area contributed by atoms with Crippen LogP contribution in [0.1, 0.15) is 13.8 Å². The molecule has 0 aromatic rings. The predicted octanol–water partition coefficient (Wildman–Crippen LogP) is 0.952. The summed E-state index contributed by atoms with van der Waals surface area (Å²) < 4.78 is 0. The maximum atomic E-state index is 2.31. The van der Waals surface area contributed by atoms with Crippen LogP contribution >= 0.6 is 7.92 Å². The maximum absolute atomic E-state index is 2.31. The second-order valence-corrected chi connectivity index (χ2v) is 5.02. The van der Waals surface area contributed by atoms with E-state index >= 15 is 0 Å². The average molecular weight is 118 g/mol. The van der Waals surface area contributed by atoms with Crippen molar-refractivity contribution in [2.75, 3.05) is 13.3 Å². The molecule has 0 saturated heterocycles. The van der Waals surface area contributed by atoms with Crippen molar-refractivity contribution in [2.45, 2.75) is 19.5 Å². The van der Waals surface area contributed by atoms with Gasteiger partial charge >= 0.3 is 0 Å². The van der Waals surface area contributed by atoms with Gasteiger partial charge in [0, 0.05) is 0 Å². The Hall–Kier alpha value is 0.495. The van der Waals surface area contributed by atoms with Crippen molar-refractivity contribution < 1.29 is 0 Å². The van der Waals surface area contributed by atoms with Gasteiger partial charge in [-0.1, -0.05) is 13.8 Å². The topological polar surface area (TPSA) is 0 Å². The van der Waals surface area contributed by atoms with E-state index in [0.29, 0.717) is 7.92 Å². The fraction of sp³-hybridized carbons (Fsp3) is 1.00. The minimum Gasteiger partial charge on any atom is -0.110 e. The second-order valence-electron chi connectivity index (χ2n) is 2.06. The Balaban J connectivity index is 0. The molecule has 0 N–H and O–H groups in total. The third kappa shape index (κ3) is 6.49. The van der Waals surface area contributed by atoms with Gasteiger partial charge in [0.05, 0.1) is 8.41 Å². The molecule has 0 rings (SSSR count). The first-order valence-electron chi connectivity index (χ1n) is 2.31. The SMILES string of the molecule is B.CC(C)P(C)C. The summed E-state index contributed by atoms with van der Waals surface area (Å²) in [6, 6.07) is 0. The molecule has 0 aliphatic rings. The van der Waals surface area contributed by atoms with E-state index in [1.54, 1.807) is 0 Å². The van der Waals surface area contributed by atoms with Gasteiger partial charge in [-0.3, -0.25) is 0 Å². The predicted molar refractivity (Wildman–Crippen MR) is 43.8 cm³/mol. The Morgan fingerprint density at radius 1 is 1.14 bits per heavy atom. The van der Waals surface area contributed by atoms with Crippen LogP contribution in [0.4, 0.5) is 0 Å². The molecule has 44 valence electrons. The molecule has 7 heavy (non-hydrogen) atoms. The van der Waals surface area contributed by atoms with E-state index in [2.05, 4.69) is 27.2 Å². The smallest absolute Gasteiger partial charge is 0.0814 e. The summed E-state index contributed by atoms with van der Waals surface area (Å²) >= 11 is 0. The molecule has 0 radical (unpaired) electrons. The molecule has 0 nitrogen and oxygen atoms in total. The lowest BCUT2D eigenvalue weighted by atomic mass is 10.6. The molecule has 0 heterocycles. The molecule has 0 saturated carbocycles. The molecule has 0 atom stereocenters. The number of hydrogen-bond acceptors (Lipinski definition) is 0. The van der Waals surface area contributed by atoms with Crippen molar-refractivity contribution in [3.05, 3.63) is 0 Å². The first-order valence-corrected chi connectivity index (χ1v) is 4.61. The van der Waals surface area contributed by atoms with E-state index < -0.39 is 0 Å². The summed E-state index contributed by atoms with van der Waals surface area (Å²) in [6.07, 6.45) is 0. The zero-order valence-corrected chi connectivity index (χ0v) is 5.92. The highest BCUT2D eigenvalue weighted by molar-refractivity contribution is 7.56. The van der Waals surface area contributed by atoms with Crippen molar-refractivity contribution >= 4 is 16.3 Å². The summed E-state index contributed by atoms with van der Waals surface area (Å²) in [5, 5.41) is 0. The van der Waals surface area contributed by atoms with Crippen molar-refractivity contribution in [1.82, 2.24) is 0 Å². The van der Waals surface area contributed by atoms with Crippen molar-refractivity contribution in [3.8, 4) is 0 Å². The molecule has 0 amide bonds. The van der Waals surface area contributed by atoms with Crippen LogP contribution in [0.3, 0.4) is 0 Å². The molecule has 0 bridgehead atoms. The molecule has 0 unspecified atom stereocenters. The quantitative estimate of drug-likeness (QED) is 0.355. The van der Waals surface area contributed by atoms with E-state index in [9.17, 15) is 0 Å². The monoisotopic (exact) mass is 118 g/mol. The van der Waals surface area contributed by atoms with Crippen molar-refractivity contribution in [2.24, 2.45) is 0 Å². The molecule has 0 aliphatic heterocycles. The van der Waals surface area contributed by atoms with Crippen LogP contribution in [0.5, 0.6) is 0 Å².